The summed E-state index contributed by atoms with van der Waals surface area (Å²) in [5.41, 5.74) is -0.704. The van der Waals surface area contributed by atoms with Crippen LogP contribution in [0.4, 0.5) is 13.2 Å². The minimum atomic E-state index is -4.54. The van der Waals surface area contributed by atoms with E-state index < -0.39 is 29.9 Å². The first-order valence-corrected chi connectivity index (χ1v) is 9.64. The number of ether oxygens (including phenoxy) is 2. The molecule has 0 unspecified atom stereocenters. The minimum absolute atomic E-state index is 0.0151. The van der Waals surface area contributed by atoms with Crippen LogP contribution in [0.1, 0.15) is 35.2 Å². The molecule has 0 bridgehead atoms. The van der Waals surface area contributed by atoms with E-state index in [9.17, 15) is 27.6 Å². The Kier molecular flexibility index (Phi) is 8.03. The smallest absolute Gasteiger partial charge is 0.416 e. The number of esters is 1. The maximum Gasteiger partial charge on any atom is 0.416 e. The normalized spacial score (nSPS) is 11.1. The summed E-state index contributed by atoms with van der Waals surface area (Å²) >= 11 is 9.11. The van der Waals surface area contributed by atoms with E-state index in [2.05, 4.69) is 20.7 Å². The second-order valence-corrected chi connectivity index (χ2v) is 7.36. The monoisotopic (exact) mass is 506 g/mol. The molecule has 160 valence electrons. The van der Waals surface area contributed by atoms with E-state index in [1.807, 2.05) is 0 Å². The number of methoxy groups -OCH3 is 1. The lowest BCUT2D eigenvalue weighted by Crippen LogP contribution is -2.11. The SMILES string of the molecule is COC(=O)CC(=O)CCC(=O)c1cc(Oc2ccc(C(F)(F)F)cc2Cl)ccc1Br. The largest absolute Gasteiger partial charge is 0.469 e. The zero-order valence-electron chi connectivity index (χ0n) is 15.5. The summed E-state index contributed by atoms with van der Waals surface area (Å²) in [6.07, 6.45) is -5.24. The fraction of sp³-hybridized carbons (Fsp3) is 0.250. The molecule has 0 N–H and O–H groups in total. The lowest BCUT2D eigenvalue weighted by atomic mass is 10.0. The lowest BCUT2D eigenvalue weighted by molar-refractivity contribution is -0.143. The third-order valence-electron chi connectivity index (χ3n) is 3.93. The van der Waals surface area contributed by atoms with Crippen molar-refractivity contribution in [3.8, 4) is 11.5 Å². The van der Waals surface area contributed by atoms with Crippen molar-refractivity contribution in [2.45, 2.75) is 25.4 Å². The van der Waals surface area contributed by atoms with Crippen molar-refractivity contribution in [1.82, 2.24) is 0 Å². The van der Waals surface area contributed by atoms with Gasteiger partial charge in [-0.15, -0.1) is 0 Å². The Hall–Kier alpha value is -2.39. The highest BCUT2D eigenvalue weighted by Crippen LogP contribution is 2.37. The van der Waals surface area contributed by atoms with Crippen molar-refractivity contribution in [1.29, 1.82) is 0 Å². The van der Waals surface area contributed by atoms with Gasteiger partial charge in [-0.3, -0.25) is 14.4 Å². The van der Waals surface area contributed by atoms with Gasteiger partial charge in [0.25, 0.3) is 0 Å². The molecule has 0 aliphatic rings. The molecule has 0 saturated carbocycles. The maximum atomic E-state index is 12.7. The molecular weight excluding hydrogens is 493 g/mol. The molecule has 0 aliphatic carbocycles. The Labute approximate surface area is 183 Å². The van der Waals surface area contributed by atoms with Crippen LogP contribution >= 0.6 is 27.5 Å². The third-order valence-corrected chi connectivity index (χ3v) is 4.91. The Morgan fingerprint density at radius 3 is 2.37 bits per heavy atom. The molecule has 0 fully saturated rings. The second-order valence-electron chi connectivity index (χ2n) is 6.10. The predicted molar refractivity (Wildman–Crippen MR) is 106 cm³/mol. The maximum absolute atomic E-state index is 12.7. The fourth-order valence-electron chi connectivity index (χ4n) is 2.38. The van der Waals surface area contributed by atoms with Gasteiger partial charge in [0.15, 0.2) is 5.78 Å². The van der Waals surface area contributed by atoms with E-state index in [-0.39, 0.29) is 40.7 Å². The van der Waals surface area contributed by atoms with E-state index in [0.29, 0.717) is 4.47 Å². The summed E-state index contributed by atoms with van der Waals surface area (Å²) in [5, 5.41) is -0.242. The van der Waals surface area contributed by atoms with Crippen LogP contribution in [0.2, 0.25) is 5.02 Å². The lowest BCUT2D eigenvalue weighted by Gasteiger charge is -2.12. The van der Waals surface area contributed by atoms with Crippen molar-refractivity contribution in [2.24, 2.45) is 0 Å². The van der Waals surface area contributed by atoms with Crippen molar-refractivity contribution in [3.05, 3.63) is 57.0 Å². The number of ketones is 2. The van der Waals surface area contributed by atoms with E-state index in [4.69, 9.17) is 16.3 Å². The standard InChI is InChI=1S/C20H15BrClF3O5/c1-29-19(28)9-12(26)3-6-17(27)14-10-13(4-5-15(14)21)30-18-7-2-11(8-16(18)22)20(23,24)25/h2,4-5,7-8,10H,3,6,9H2,1H3. The third kappa shape index (κ3) is 6.56. The van der Waals surface area contributed by atoms with Crippen molar-refractivity contribution in [2.75, 3.05) is 7.11 Å². The Morgan fingerprint density at radius 2 is 1.77 bits per heavy atom. The number of carbonyl (C=O) groups is 3. The van der Waals surface area contributed by atoms with Crippen molar-refractivity contribution in [3.63, 3.8) is 0 Å². The van der Waals surface area contributed by atoms with E-state index in [0.717, 1.165) is 25.3 Å². The molecule has 0 radical (unpaired) electrons. The molecule has 0 heterocycles. The van der Waals surface area contributed by atoms with Gasteiger partial charge in [0.2, 0.25) is 0 Å². The van der Waals surface area contributed by atoms with Gasteiger partial charge in [-0.05, 0) is 36.4 Å². The zero-order chi connectivity index (χ0) is 22.5. The van der Waals surface area contributed by atoms with Gasteiger partial charge in [-0.25, -0.2) is 0 Å². The molecule has 30 heavy (non-hydrogen) atoms. The summed E-state index contributed by atoms with van der Waals surface area (Å²) in [4.78, 5) is 35.2. The molecule has 0 atom stereocenters. The average Bonchev–Trinajstić information content (AvgIpc) is 2.68. The number of benzene rings is 2. The van der Waals surface area contributed by atoms with E-state index in [1.54, 1.807) is 0 Å². The van der Waals surface area contributed by atoms with Gasteiger partial charge in [-0.1, -0.05) is 27.5 Å². The zero-order valence-corrected chi connectivity index (χ0v) is 17.9. The molecule has 5 nitrogen and oxygen atoms in total. The van der Waals surface area contributed by atoms with Gasteiger partial charge in [0.05, 0.1) is 17.7 Å². The summed E-state index contributed by atoms with van der Waals surface area (Å²) in [6, 6.07) is 7.06. The molecule has 0 amide bonds. The molecule has 2 rings (SSSR count). The van der Waals surface area contributed by atoms with E-state index in [1.165, 1.54) is 18.2 Å². The van der Waals surface area contributed by atoms with Crippen LogP contribution in [0, 0.1) is 0 Å². The Morgan fingerprint density at radius 1 is 1.07 bits per heavy atom. The second kappa shape index (κ2) is 10.1. The quantitative estimate of drug-likeness (QED) is 0.249. The van der Waals surface area contributed by atoms with E-state index >= 15 is 0 Å². The van der Waals surface area contributed by atoms with Gasteiger partial charge in [0.1, 0.15) is 23.7 Å². The van der Waals surface area contributed by atoms with Crippen LogP contribution in [0.3, 0.4) is 0 Å². The Bertz CT molecular complexity index is 975. The highest BCUT2D eigenvalue weighted by molar-refractivity contribution is 9.10. The first-order valence-electron chi connectivity index (χ1n) is 8.47. The number of Topliss-reactive ketones (excluding diaryl/α,β-unsaturated/α-hetero) is 2. The van der Waals surface area contributed by atoms with Gasteiger partial charge in [0, 0.05) is 22.9 Å². The van der Waals surface area contributed by atoms with Crippen LogP contribution in [0.5, 0.6) is 11.5 Å². The molecule has 10 heteroatoms. The number of halogens is 5. The van der Waals surface area contributed by atoms with Crippen LogP contribution in [0.15, 0.2) is 40.9 Å². The summed E-state index contributed by atoms with van der Waals surface area (Å²) in [7, 11) is 1.16. The molecule has 0 spiro atoms. The highest BCUT2D eigenvalue weighted by Gasteiger charge is 2.31. The van der Waals surface area contributed by atoms with Crippen molar-refractivity contribution >= 4 is 45.1 Å². The molecule has 0 saturated heterocycles. The molecule has 2 aromatic carbocycles. The molecule has 0 aromatic heterocycles. The number of rotatable bonds is 8. The predicted octanol–water partition coefficient (Wildman–Crippen LogP) is 6.01. The molecule has 0 aliphatic heterocycles. The van der Waals surface area contributed by atoms with Crippen LogP contribution < -0.4 is 4.74 Å². The molecule has 2 aromatic rings. The van der Waals surface area contributed by atoms with Gasteiger partial charge in [-0.2, -0.15) is 13.2 Å². The number of hydrogen-bond donors (Lipinski definition) is 0. The summed E-state index contributed by atoms with van der Waals surface area (Å²) in [6.45, 7) is 0. The average molecular weight is 508 g/mol. The topological polar surface area (TPSA) is 69.7 Å². The highest BCUT2D eigenvalue weighted by atomic mass is 79.9. The minimum Gasteiger partial charge on any atom is -0.469 e. The Balaban J connectivity index is 2.12. The number of alkyl halides is 3. The molecular formula is C20H15BrClF3O5. The van der Waals surface area contributed by atoms with Crippen LogP contribution in [-0.2, 0) is 20.5 Å². The first kappa shape index (κ1) is 23.9. The number of hydrogen-bond acceptors (Lipinski definition) is 5. The summed E-state index contributed by atoms with van der Waals surface area (Å²) < 4.78 is 48.6. The summed E-state index contributed by atoms with van der Waals surface area (Å²) in [5.74, 6) is -1.35. The fourth-order valence-corrected chi connectivity index (χ4v) is 3.06. The van der Waals surface area contributed by atoms with Crippen molar-refractivity contribution < 1.29 is 37.0 Å². The first-order chi connectivity index (χ1) is 14.0. The van der Waals surface area contributed by atoms with Gasteiger partial charge < -0.3 is 9.47 Å². The van der Waals surface area contributed by atoms with Gasteiger partial charge >= 0.3 is 12.1 Å². The van der Waals surface area contributed by atoms with Crippen LogP contribution in [-0.4, -0.2) is 24.6 Å². The number of carbonyl (C=O) groups excluding carboxylic acids is 3. The van der Waals surface area contributed by atoms with Crippen LogP contribution in [0.25, 0.3) is 0 Å².